The summed E-state index contributed by atoms with van der Waals surface area (Å²) >= 11 is 0. The summed E-state index contributed by atoms with van der Waals surface area (Å²) in [5.74, 6) is -0.935. The highest BCUT2D eigenvalue weighted by Crippen LogP contribution is 2.09. The molecule has 1 rings (SSSR count). The van der Waals surface area contributed by atoms with E-state index in [0.29, 0.717) is 12.0 Å². The van der Waals surface area contributed by atoms with Crippen molar-refractivity contribution in [2.45, 2.75) is 19.3 Å². The van der Waals surface area contributed by atoms with Crippen molar-refractivity contribution < 1.29 is 19.1 Å². The van der Waals surface area contributed by atoms with Gasteiger partial charge in [-0.3, -0.25) is 4.79 Å². The van der Waals surface area contributed by atoms with E-state index >= 15 is 0 Å². The fourth-order valence-corrected chi connectivity index (χ4v) is 1.64. The molecule has 4 heteroatoms. The molecule has 0 radical (unpaired) electrons. The normalized spacial score (nSPS) is 10.9. The fraction of sp³-hybridized carbons (Fsp3) is 0.333. The number of ether oxygens (including phenoxy) is 2. The Balaban J connectivity index is 2.61. The van der Waals surface area contributed by atoms with Gasteiger partial charge in [-0.1, -0.05) is 36.4 Å². The number of hydrogen-bond acceptors (Lipinski definition) is 4. The molecular formula is C15H18O4. The monoisotopic (exact) mass is 262 g/mol. The van der Waals surface area contributed by atoms with Gasteiger partial charge in [0.2, 0.25) is 0 Å². The average Bonchev–Trinajstić information content (AvgIpc) is 2.46. The molecule has 0 unspecified atom stereocenters. The summed E-state index contributed by atoms with van der Waals surface area (Å²) in [6, 6.07) is 9.93. The summed E-state index contributed by atoms with van der Waals surface area (Å²) in [7, 11) is 2.59. The first kappa shape index (κ1) is 15.0. The first-order chi connectivity index (χ1) is 9.17. The minimum atomic E-state index is -0.488. The summed E-state index contributed by atoms with van der Waals surface area (Å²) in [4.78, 5) is 22.7. The maximum absolute atomic E-state index is 11.5. The molecule has 0 aliphatic heterocycles. The summed E-state index contributed by atoms with van der Waals surface area (Å²) in [6.07, 6.45) is 3.15. The van der Waals surface area contributed by atoms with Crippen molar-refractivity contribution in [3.05, 3.63) is 47.5 Å². The molecule has 1 aromatic rings. The molecular weight excluding hydrogens is 244 g/mol. The van der Waals surface area contributed by atoms with Crippen molar-refractivity contribution in [2.75, 3.05) is 14.2 Å². The van der Waals surface area contributed by atoms with Gasteiger partial charge >= 0.3 is 11.9 Å². The van der Waals surface area contributed by atoms with Crippen molar-refractivity contribution in [3.63, 3.8) is 0 Å². The Labute approximate surface area is 113 Å². The van der Waals surface area contributed by atoms with Gasteiger partial charge < -0.3 is 9.47 Å². The van der Waals surface area contributed by atoms with E-state index in [1.54, 1.807) is 6.08 Å². The quantitative estimate of drug-likeness (QED) is 0.583. The zero-order valence-electron chi connectivity index (χ0n) is 11.2. The molecule has 4 nitrogen and oxygen atoms in total. The number of esters is 2. The lowest BCUT2D eigenvalue weighted by Crippen LogP contribution is -2.11. The molecule has 1 aromatic carbocycles. The van der Waals surface area contributed by atoms with E-state index < -0.39 is 11.9 Å². The van der Waals surface area contributed by atoms with E-state index in [0.717, 1.165) is 6.42 Å². The molecule has 0 spiro atoms. The van der Waals surface area contributed by atoms with Crippen molar-refractivity contribution >= 4 is 11.9 Å². The van der Waals surface area contributed by atoms with Crippen LogP contribution in [0.15, 0.2) is 42.0 Å². The number of benzene rings is 1. The van der Waals surface area contributed by atoms with E-state index in [4.69, 9.17) is 0 Å². The Bertz CT molecular complexity index is 448. The van der Waals surface area contributed by atoms with Crippen LogP contribution in [-0.4, -0.2) is 26.2 Å². The molecule has 0 N–H and O–H groups in total. The van der Waals surface area contributed by atoms with Crippen LogP contribution in [0.5, 0.6) is 0 Å². The van der Waals surface area contributed by atoms with Crippen LogP contribution in [0, 0.1) is 0 Å². The fourth-order valence-electron chi connectivity index (χ4n) is 1.64. The second-order valence-electron chi connectivity index (χ2n) is 4.00. The topological polar surface area (TPSA) is 52.6 Å². The number of aryl methyl sites for hydroxylation is 1. The summed E-state index contributed by atoms with van der Waals surface area (Å²) < 4.78 is 9.20. The number of methoxy groups -OCH3 is 2. The third-order valence-corrected chi connectivity index (χ3v) is 2.68. The third-order valence-electron chi connectivity index (χ3n) is 2.68. The number of hydrogen-bond donors (Lipinski definition) is 0. The van der Waals surface area contributed by atoms with Crippen molar-refractivity contribution in [2.24, 2.45) is 0 Å². The van der Waals surface area contributed by atoms with Crippen LogP contribution in [-0.2, 0) is 25.5 Å². The second kappa shape index (κ2) is 8.08. The highest BCUT2D eigenvalue weighted by molar-refractivity contribution is 5.93. The van der Waals surface area contributed by atoms with Crippen LogP contribution >= 0.6 is 0 Å². The molecule has 0 aliphatic rings. The summed E-state index contributed by atoms with van der Waals surface area (Å²) in [5.41, 5.74) is 1.52. The molecule has 0 saturated heterocycles. The van der Waals surface area contributed by atoms with Crippen LogP contribution in [0.2, 0.25) is 0 Å². The zero-order chi connectivity index (χ0) is 14.1. The number of rotatable bonds is 6. The van der Waals surface area contributed by atoms with Gasteiger partial charge in [-0.25, -0.2) is 4.79 Å². The Morgan fingerprint density at radius 2 is 1.79 bits per heavy atom. The van der Waals surface area contributed by atoms with Crippen molar-refractivity contribution in [3.8, 4) is 0 Å². The van der Waals surface area contributed by atoms with Gasteiger partial charge in [-0.05, 0) is 18.4 Å². The summed E-state index contributed by atoms with van der Waals surface area (Å²) in [6.45, 7) is 0. The third kappa shape index (κ3) is 5.38. The van der Waals surface area contributed by atoms with Gasteiger partial charge in [-0.2, -0.15) is 0 Å². The zero-order valence-corrected chi connectivity index (χ0v) is 11.2. The highest BCUT2D eigenvalue weighted by Gasteiger charge is 2.14. The molecule has 0 fully saturated rings. The molecule has 0 bridgehead atoms. The van der Waals surface area contributed by atoms with Crippen LogP contribution < -0.4 is 0 Å². The van der Waals surface area contributed by atoms with E-state index in [1.807, 2.05) is 30.3 Å². The maximum Gasteiger partial charge on any atom is 0.333 e. The lowest BCUT2D eigenvalue weighted by Gasteiger charge is -2.04. The molecule has 0 amide bonds. The predicted octanol–water partition coefficient (Wildman–Crippen LogP) is 2.28. The first-order valence-corrected chi connectivity index (χ1v) is 6.05. The van der Waals surface area contributed by atoms with Gasteiger partial charge in [0.05, 0.1) is 20.6 Å². The Morgan fingerprint density at radius 3 is 2.37 bits per heavy atom. The lowest BCUT2D eigenvalue weighted by atomic mass is 10.1. The van der Waals surface area contributed by atoms with Gasteiger partial charge in [-0.15, -0.1) is 0 Å². The highest BCUT2D eigenvalue weighted by atomic mass is 16.5. The molecule has 0 atom stereocenters. The molecule has 0 saturated carbocycles. The average molecular weight is 262 g/mol. The van der Waals surface area contributed by atoms with E-state index in [1.165, 1.54) is 19.8 Å². The molecule has 0 heterocycles. The van der Waals surface area contributed by atoms with Gasteiger partial charge in [0.25, 0.3) is 0 Å². The number of carbonyl (C=O) groups is 2. The van der Waals surface area contributed by atoms with E-state index in [-0.39, 0.29) is 6.42 Å². The predicted molar refractivity (Wildman–Crippen MR) is 71.5 cm³/mol. The van der Waals surface area contributed by atoms with Crippen LogP contribution in [0.25, 0.3) is 0 Å². The van der Waals surface area contributed by atoms with Crippen LogP contribution in [0.1, 0.15) is 18.4 Å². The molecule has 19 heavy (non-hydrogen) atoms. The van der Waals surface area contributed by atoms with E-state index in [9.17, 15) is 9.59 Å². The number of carbonyl (C=O) groups excluding carboxylic acids is 2. The Hall–Kier alpha value is -2.10. The van der Waals surface area contributed by atoms with Gasteiger partial charge in [0.1, 0.15) is 0 Å². The van der Waals surface area contributed by atoms with Crippen LogP contribution in [0.3, 0.4) is 0 Å². The summed E-state index contributed by atoms with van der Waals surface area (Å²) in [5, 5.41) is 0. The first-order valence-electron chi connectivity index (χ1n) is 6.05. The van der Waals surface area contributed by atoms with Crippen molar-refractivity contribution in [1.29, 1.82) is 0 Å². The smallest absolute Gasteiger partial charge is 0.333 e. The standard InChI is InChI=1S/C15H18O4/c1-18-14(16)11-13(15(17)19-2)10-6-9-12-7-4-3-5-8-12/h3-5,7-8,10H,6,9,11H2,1-2H3/b13-10+. The Kier molecular flexibility index (Phi) is 6.36. The molecule has 102 valence electrons. The van der Waals surface area contributed by atoms with Gasteiger partial charge in [0, 0.05) is 5.57 Å². The van der Waals surface area contributed by atoms with Crippen LogP contribution in [0.4, 0.5) is 0 Å². The largest absolute Gasteiger partial charge is 0.469 e. The van der Waals surface area contributed by atoms with Crippen molar-refractivity contribution in [1.82, 2.24) is 0 Å². The number of allylic oxidation sites excluding steroid dienone is 1. The van der Waals surface area contributed by atoms with E-state index in [2.05, 4.69) is 9.47 Å². The minimum Gasteiger partial charge on any atom is -0.469 e. The second-order valence-corrected chi connectivity index (χ2v) is 4.00. The molecule has 0 aliphatic carbocycles. The maximum atomic E-state index is 11.5. The minimum absolute atomic E-state index is 0.0576. The Morgan fingerprint density at radius 1 is 1.11 bits per heavy atom. The lowest BCUT2D eigenvalue weighted by molar-refractivity contribution is -0.143. The SMILES string of the molecule is COC(=O)C/C(=C\CCc1ccccc1)C(=O)OC. The molecule has 0 aromatic heterocycles. The van der Waals surface area contributed by atoms with Gasteiger partial charge in [0.15, 0.2) is 0 Å².